The molecule has 2 atom stereocenters. The van der Waals surface area contributed by atoms with E-state index < -0.39 is 11.8 Å². The summed E-state index contributed by atoms with van der Waals surface area (Å²) in [5.74, 6) is 0. The van der Waals surface area contributed by atoms with Gasteiger partial charge in [0.25, 0.3) is 6.47 Å². The van der Waals surface area contributed by atoms with Gasteiger partial charge in [0.2, 0.25) is 5.72 Å². The molecule has 0 amide bonds. The Kier molecular flexibility index (Phi) is 5.34. The fourth-order valence-corrected chi connectivity index (χ4v) is 3.63. The van der Waals surface area contributed by atoms with Gasteiger partial charge >= 0.3 is 0 Å². The lowest BCUT2D eigenvalue weighted by Gasteiger charge is -2.41. The van der Waals surface area contributed by atoms with Gasteiger partial charge in [-0.1, -0.05) is 41.6 Å². The topological polar surface area (TPSA) is 98.5 Å². The maximum absolute atomic E-state index is 11.3. The van der Waals surface area contributed by atoms with Crippen LogP contribution < -0.4 is 5.32 Å². The van der Waals surface area contributed by atoms with Crippen molar-refractivity contribution in [3.63, 3.8) is 0 Å². The zero-order valence-corrected chi connectivity index (χ0v) is 15.3. The molecule has 0 spiro atoms. The number of piperidine rings is 1. The molecule has 0 aliphatic carbocycles. The molecule has 8 nitrogen and oxygen atoms in total. The predicted octanol–water partition coefficient (Wildman–Crippen LogP) is 1.33. The summed E-state index contributed by atoms with van der Waals surface area (Å²) in [4.78, 5) is 11.3. The molecule has 2 unspecified atom stereocenters. The van der Waals surface area contributed by atoms with Crippen LogP contribution in [0.4, 0.5) is 0 Å². The first-order valence-electron chi connectivity index (χ1n) is 9.19. The van der Waals surface area contributed by atoms with Gasteiger partial charge in [-0.05, 0) is 22.4 Å². The van der Waals surface area contributed by atoms with E-state index in [1.54, 1.807) is 6.20 Å². The van der Waals surface area contributed by atoms with Crippen LogP contribution in [0.5, 0.6) is 0 Å². The molecule has 1 saturated heterocycles. The third-order valence-corrected chi connectivity index (χ3v) is 5.10. The Labute approximate surface area is 162 Å². The number of fused-ring (bicyclic) bond motifs is 1. The van der Waals surface area contributed by atoms with Crippen LogP contribution in [0, 0.1) is 0 Å². The standard InChI is InChI=1S/C20H22N4O4/c25-12-18-11-24(23-22-18)20(28-14-26)7-8-21-10-19(20)27-13-15-5-6-16-3-1-2-4-17(16)9-15/h1-6,9,11,14,19,21,25H,7-8,10,12-13H2. The summed E-state index contributed by atoms with van der Waals surface area (Å²) in [7, 11) is 0. The highest BCUT2D eigenvalue weighted by molar-refractivity contribution is 5.82. The van der Waals surface area contributed by atoms with Gasteiger partial charge in [0.05, 0.1) is 19.4 Å². The lowest BCUT2D eigenvalue weighted by molar-refractivity contribution is -0.207. The quantitative estimate of drug-likeness (QED) is 0.595. The monoisotopic (exact) mass is 382 g/mol. The molecule has 146 valence electrons. The van der Waals surface area contributed by atoms with E-state index in [0.29, 0.717) is 38.3 Å². The number of aliphatic hydroxyl groups is 1. The molecular formula is C20H22N4O4. The van der Waals surface area contributed by atoms with Gasteiger partial charge in [-0.2, -0.15) is 0 Å². The average molecular weight is 382 g/mol. The second-order valence-electron chi connectivity index (χ2n) is 6.81. The Morgan fingerprint density at radius 1 is 1.29 bits per heavy atom. The molecule has 8 heteroatoms. The normalized spacial score (nSPS) is 22.2. The Bertz CT molecular complexity index is 960. The van der Waals surface area contributed by atoms with Crippen LogP contribution in [0.15, 0.2) is 48.7 Å². The average Bonchev–Trinajstić information content (AvgIpc) is 3.23. The Morgan fingerprint density at radius 2 is 2.14 bits per heavy atom. The number of hydrogen-bond donors (Lipinski definition) is 2. The molecule has 4 rings (SSSR count). The number of hydrogen-bond acceptors (Lipinski definition) is 7. The summed E-state index contributed by atoms with van der Waals surface area (Å²) < 4.78 is 13.2. The third-order valence-electron chi connectivity index (χ3n) is 5.10. The predicted molar refractivity (Wildman–Crippen MR) is 101 cm³/mol. The van der Waals surface area contributed by atoms with Crippen molar-refractivity contribution in [3.8, 4) is 0 Å². The minimum absolute atomic E-state index is 0.238. The molecule has 0 radical (unpaired) electrons. The molecule has 2 heterocycles. The van der Waals surface area contributed by atoms with Crippen LogP contribution in [0.3, 0.4) is 0 Å². The van der Waals surface area contributed by atoms with Gasteiger partial charge in [0.1, 0.15) is 11.8 Å². The molecule has 1 aliphatic heterocycles. The first-order chi connectivity index (χ1) is 13.7. The molecule has 1 fully saturated rings. The number of rotatable bonds is 7. The fraction of sp³-hybridized carbons (Fsp3) is 0.350. The molecule has 1 aliphatic rings. The van der Waals surface area contributed by atoms with Crippen LogP contribution in [-0.2, 0) is 33.2 Å². The molecule has 2 N–H and O–H groups in total. The highest BCUT2D eigenvalue weighted by Gasteiger charge is 2.47. The summed E-state index contributed by atoms with van der Waals surface area (Å²) >= 11 is 0. The summed E-state index contributed by atoms with van der Waals surface area (Å²) in [6.45, 7) is 1.67. The maximum Gasteiger partial charge on any atom is 0.295 e. The van der Waals surface area contributed by atoms with Crippen molar-refractivity contribution in [2.24, 2.45) is 0 Å². The highest BCUT2D eigenvalue weighted by atomic mass is 16.6. The van der Waals surface area contributed by atoms with Crippen LogP contribution in [0.25, 0.3) is 10.8 Å². The summed E-state index contributed by atoms with van der Waals surface area (Å²) in [5.41, 5.74) is 0.323. The molecule has 3 aromatic rings. The lowest BCUT2D eigenvalue weighted by atomic mass is 9.98. The van der Waals surface area contributed by atoms with E-state index in [1.807, 2.05) is 18.2 Å². The van der Waals surface area contributed by atoms with Crippen molar-refractivity contribution in [1.29, 1.82) is 0 Å². The van der Waals surface area contributed by atoms with Crippen molar-refractivity contribution in [3.05, 3.63) is 59.9 Å². The second-order valence-corrected chi connectivity index (χ2v) is 6.81. The number of nitrogens with zero attached hydrogens (tertiary/aromatic N) is 3. The number of carbonyl (C=O) groups is 1. The van der Waals surface area contributed by atoms with E-state index in [0.717, 1.165) is 10.9 Å². The van der Waals surface area contributed by atoms with Crippen LogP contribution >= 0.6 is 0 Å². The molecule has 2 aromatic carbocycles. The second kappa shape index (κ2) is 8.05. The van der Waals surface area contributed by atoms with E-state index in [1.165, 1.54) is 10.1 Å². The minimum atomic E-state index is -1.11. The first kappa shape index (κ1) is 18.5. The Morgan fingerprint density at radius 3 is 2.93 bits per heavy atom. The van der Waals surface area contributed by atoms with Gasteiger partial charge in [-0.25, -0.2) is 4.68 Å². The number of benzene rings is 2. The number of aliphatic hydroxyl groups excluding tert-OH is 1. The van der Waals surface area contributed by atoms with E-state index in [-0.39, 0.29) is 6.61 Å². The summed E-state index contributed by atoms with van der Waals surface area (Å²) in [6.07, 6.45) is 1.59. The third kappa shape index (κ3) is 3.49. The van der Waals surface area contributed by atoms with Crippen molar-refractivity contribution >= 4 is 17.2 Å². The summed E-state index contributed by atoms with van der Waals surface area (Å²) in [5, 5.41) is 22.9. The van der Waals surface area contributed by atoms with E-state index in [9.17, 15) is 9.90 Å². The van der Waals surface area contributed by atoms with Crippen LogP contribution in [-0.4, -0.2) is 45.8 Å². The van der Waals surface area contributed by atoms with Gasteiger partial charge in [0, 0.05) is 19.5 Å². The Balaban J connectivity index is 1.58. The molecule has 28 heavy (non-hydrogen) atoms. The van der Waals surface area contributed by atoms with E-state index in [4.69, 9.17) is 9.47 Å². The number of carbonyl (C=O) groups excluding carboxylic acids is 1. The lowest BCUT2D eigenvalue weighted by Crippen LogP contribution is -2.58. The number of nitrogens with one attached hydrogen (secondary N) is 1. The Hall–Kier alpha value is -2.81. The van der Waals surface area contributed by atoms with E-state index >= 15 is 0 Å². The SMILES string of the molecule is O=COC1(n2cc(CO)nn2)CCNCC1OCc1ccc2ccccc2c1. The van der Waals surface area contributed by atoms with Gasteiger partial charge < -0.3 is 19.9 Å². The van der Waals surface area contributed by atoms with Crippen molar-refractivity contribution in [2.45, 2.75) is 31.5 Å². The number of ether oxygens (including phenoxy) is 2. The maximum atomic E-state index is 11.3. The van der Waals surface area contributed by atoms with Gasteiger partial charge in [-0.15, -0.1) is 5.10 Å². The van der Waals surface area contributed by atoms with Crippen LogP contribution in [0.1, 0.15) is 17.7 Å². The number of aromatic nitrogens is 3. The van der Waals surface area contributed by atoms with Gasteiger partial charge in [-0.3, -0.25) is 4.79 Å². The first-order valence-corrected chi connectivity index (χ1v) is 9.19. The molecule has 0 saturated carbocycles. The van der Waals surface area contributed by atoms with E-state index in [2.05, 4.69) is 39.9 Å². The zero-order valence-electron chi connectivity index (χ0n) is 15.3. The molecule has 0 bridgehead atoms. The van der Waals surface area contributed by atoms with Crippen molar-refractivity contribution < 1.29 is 19.4 Å². The van der Waals surface area contributed by atoms with Gasteiger partial charge in [0.15, 0.2) is 0 Å². The zero-order chi connectivity index (χ0) is 19.4. The molecular weight excluding hydrogens is 360 g/mol. The summed E-state index contributed by atoms with van der Waals surface area (Å²) in [6, 6.07) is 14.3. The van der Waals surface area contributed by atoms with Crippen molar-refractivity contribution in [2.75, 3.05) is 13.1 Å². The minimum Gasteiger partial charge on any atom is -0.436 e. The molecule has 1 aromatic heterocycles. The van der Waals surface area contributed by atoms with Crippen molar-refractivity contribution in [1.82, 2.24) is 20.3 Å². The smallest absolute Gasteiger partial charge is 0.295 e. The fourth-order valence-electron chi connectivity index (χ4n) is 3.63. The van der Waals surface area contributed by atoms with Crippen LogP contribution in [0.2, 0.25) is 0 Å². The highest BCUT2D eigenvalue weighted by Crippen LogP contribution is 2.31. The largest absolute Gasteiger partial charge is 0.436 e.